The highest BCUT2D eigenvalue weighted by molar-refractivity contribution is 5.97. The van der Waals surface area contributed by atoms with E-state index in [0.29, 0.717) is 19.0 Å². The molecule has 5 rings (SSSR count). The molecule has 3 fully saturated rings. The zero-order valence-corrected chi connectivity index (χ0v) is 16.4. The van der Waals surface area contributed by atoms with Crippen molar-refractivity contribution in [2.24, 2.45) is 11.3 Å². The molecule has 0 bridgehead atoms. The molecule has 1 aromatic carbocycles. The van der Waals surface area contributed by atoms with Gasteiger partial charge in [0.05, 0.1) is 5.56 Å². The number of carbonyl (C=O) groups is 1. The summed E-state index contributed by atoms with van der Waals surface area (Å²) >= 11 is 0. The summed E-state index contributed by atoms with van der Waals surface area (Å²) in [7, 11) is 0. The highest BCUT2D eigenvalue weighted by Crippen LogP contribution is 2.55. The molecule has 3 aliphatic rings. The van der Waals surface area contributed by atoms with Crippen LogP contribution in [0.2, 0.25) is 0 Å². The van der Waals surface area contributed by atoms with Crippen LogP contribution in [-0.4, -0.2) is 45.0 Å². The van der Waals surface area contributed by atoms with Gasteiger partial charge < -0.3 is 14.2 Å². The third-order valence-corrected chi connectivity index (χ3v) is 6.74. The summed E-state index contributed by atoms with van der Waals surface area (Å²) in [5.41, 5.74) is -0.131. The minimum atomic E-state index is -4.85. The number of aromatic nitrogens is 3. The third-order valence-electron chi connectivity index (χ3n) is 6.74. The van der Waals surface area contributed by atoms with Crippen LogP contribution in [0, 0.1) is 11.3 Å². The topological polar surface area (TPSA) is 60.2 Å². The molecular formula is C21H23F3N4O2. The van der Waals surface area contributed by atoms with E-state index in [2.05, 4.69) is 19.5 Å². The van der Waals surface area contributed by atoms with Gasteiger partial charge in [-0.15, -0.1) is 23.4 Å². The van der Waals surface area contributed by atoms with Crippen LogP contribution >= 0.6 is 0 Å². The van der Waals surface area contributed by atoms with Crippen LogP contribution in [0.5, 0.6) is 5.75 Å². The summed E-state index contributed by atoms with van der Waals surface area (Å²) < 4.78 is 44.6. The standard InChI is InChI=1S/C21H23F3N4O2/c22-21(23,24)30-17-5-2-1-4-15(17)19(29)27-11-16(20(12-27)8-3-9-20)18-26-25-13-28(18)10-14-6-7-14/h1-2,4-5,13-14,16H,3,6-12H2. The maximum absolute atomic E-state index is 13.2. The van der Waals surface area contributed by atoms with E-state index in [1.807, 2.05) is 0 Å². The molecule has 0 N–H and O–H groups in total. The number of hydrogen-bond donors (Lipinski definition) is 0. The monoisotopic (exact) mass is 420 g/mol. The fourth-order valence-corrected chi connectivity index (χ4v) is 4.90. The Morgan fingerprint density at radius 3 is 2.67 bits per heavy atom. The third kappa shape index (κ3) is 3.54. The molecule has 1 atom stereocenters. The van der Waals surface area contributed by atoms with Crippen molar-refractivity contribution in [2.45, 2.75) is 50.9 Å². The van der Waals surface area contributed by atoms with Gasteiger partial charge in [0.25, 0.3) is 5.91 Å². The van der Waals surface area contributed by atoms with E-state index in [9.17, 15) is 18.0 Å². The van der Waals surface area contributed by atoms with E-state index in [4.69, 9.17) is 0 Å². The molecule has 2 aliphatic carbocycles. The first kappa shape index (κ1) is 19.4. The maximum atomic E-state index is 13.2. The number of carbonyl (C=O) groups excluding carboxylic acids is 1. The van der Waals surface area contributed by atoms with Crippen LogP contribution in [0.3, 0.4) is 0 Å². The molecule has 2 aromatic rings. The number of ether oxygens (including phenoxy) is 1. The fraction of sp³-hybridized carbons (Fsp3) is 0.571. The van der Waals surface area contributed by atoms with E-state index >= 15 is 0 Å². The molecule has 0 radical (unpaired) electrons. The van der Waals surface area contributed by atoms with Crippen molar-refractivity contribution in [2.75, 3.05) is 13.1 Å². The quantitative estimate of drug-likeness (QED) is 0.734. The van der Waals surface area contributed by atoms with Crippen molar-refractivity contribution in [3.05, 3.63) is 42.0 Å². The lowest BCUT2D eigenvalue weighted by Crippen LogP contribution is -2.38. The van der Waals surface area contributed by atoms with Crippen LogP contribution < -0.4 is 4.74 Å². The molecule has 1 aliphatic heterocycles. The van der Waals surface area contributed by atoms with Crippen molar-refractivity contribution in [3.8, 4) is 5.75 Å². The SMILES string of the molecule is O=C(c1ccccc1OC(F)(F)F)N1CC(c2nncn2CC2CC2)C2(CCC2)C1. The van der Waals surface area contributed by atoms with Gasteiger partial charge in [0.2, 0.25) is 0 Å². The highest BCUT2D eigenvalue weighted by atomic mass is 19.4. The predicted octanol–water partition coefficient (Wildman–Crippen LogP) is 4.00. The largest absolute Gasteiger partial charge is 0.573 e. The van der Waals surface area contributed by atoms with Gasteiger partial charge in [-0.25, -0.2) is 0 Å². The second kappa shape index (κ2) is 6.99. The Labute approximate surface area is 172 Å². The number of likely N-dealkylation sites (tertiary alicyclic amines) is 1. The van der Waals surface area contributed by atoms with Crippen LogP contribution in [0.25, 0.3) is 0 Å². The van der Waals surface area contributed by atoms with E-state index in [-0.39, 0.29) is 16.9 Å². The Morgan fingerprint density at radius 1 is 1.23 bits per heavy atom. The molecule has 1 spiro atoms. The Morgan fingerprint density at radius 2 is 2.00 bits per heavy atom. The van der Waals surface area contributed by atoms with Crippen LogP contribution in [0.4, 0.5) is 13.2 Å². The van der Waals surface area contributed by atoms with Crippen molar-refractivity contribution < 1.29 is 22.7 Å². The van der Waals surface area contributed by atoms with Crippen molar-refractivity contribution in [3.63, 3.8) is 0 Å². The zero-order chi connectivity index (χ0) is 20.9. The number of hydrogen-bond acceptors (Lipinski definition) is 4. The average molecular weight is 420 g/mol. The number of benzene rings is 1. The Balaban J connectivity index is 1.41. The molecule has 1 unspecified atom stereocenters. The van der Waals surface area contributed by atoms with Crippen molar-refractivity contribution >= 4 is 5.91 Å². The lowest BCUT2D eigenvalue weighted by molar-refractivity contribution is -0.274. The maximum Gasteiger partial charge on any atom is 0.573 e. The lowest BCUT2D eigenvalue weighted by atomic mass is 9.62. The van der Waals surface area contributed by atoms with Gasteiger partial charge >= 0.3 is 6.36 Å². The first-order valence-corrected chi connectivity index (χ1v) is 10.4. The molecule has 9 heteroatoms. The summed E-state index contributed by atoms with van der Waals surface area (Å²) in [6.45, 7) is 1.85. The van der Waals surface area contributed by atoms with Gasteiger partial charge in [-0.1, -0.05) is 18.6 Å². The Kier molecular flexibility index (Phi) is 4.52. The summed E-state index contributed by atoms with van der Waals surface area (Å²) in [4.78, 5) is 14.9. The summed E-state index contributed by atoms with van der Waals surface area (Å²) in [6, 6.07) is 5.55. The first-order valence-electron chi connectivity index (χ1n) is 10.4. The second-order valence-corrected chi connectivity index (χ2v) is 8.78. The molecule has 2 saturated carbocycles. The summed E-state index contributed by atoms with van der Waals surface area (Å²) in [5, 5.41) is 8.51. The Bertz CT molecular complexity index is 950. The summed E-state index contributed by atoms with van der Waals surface area (Å²) in [6.07, 6.45) is 2.40. The second-order valence-electron chi connectivity index (χ2n) is 8.78. The van der Waals surface area contributed by atoms with Gasteiger partial charge in [-0.2, -0.15) is 0 Å². The van der Waals surface area contributed by atoms with Crippen LogP contribution in [-0.2, 0) is 6.54 Å². The number of alkyl halides is 3. The molecule has 1 aromatic heterocycles. The Hall–Kier alpha value is -2.58. The zero-order valence-electron chi connectivity index (χ0n) is 16.4. The number of para-hydroxylation sites is 1. The van der Waals surface area contributed by atoms with Gasteiger partial charge in [-0.05, 0) is 49.1 Å². The van der Waals surface area contributed by atoms with Crippen molar-refractivity contribution in [1.82, 2.24) is 19.7 Å². The molecule has 1 amide bonds. The molecule has 160 valence electrons. The van der Waals surface area contributed by atoms with E-state index in [1.165, 1.54) is 31.0 Å². The van der Waals surface area contributed by atoms with Gasteiger partial charge in [0.1, 0.15) is 17.9 Å². The molecule has 6 nitrogen and oxygen atoms in total. The predicted molar refractivity (Wildman–Crippen MR) is 101 cm³/mol. The van der Waals surface area contributed by atoms with Gasteiger partial charge in [0, 0.05) is 25.6 Å². The van der Waals surface area contributed by atoms with E-state index in [1.54, 1.807) is 17.3 Å². The first-order chi connectivity index (χ1) is 14.3. The van der Waals surface area contributed by atoms with Crippen molar-refractivity contribution in [1.29, 1.82) is 0 Å². The normalized spacial score (nSPS) is 22.9. The minimum absolute atomic E-state index is 0.0483. The molecular weight excluding hydrogens is 397 g/mol. The average Bonchev–Trinajstić information content (AvgIpc) is 3.20. The van der Waals surface area contributed by atoms with Crippen LogP contribution in [0.1, 0.15) is 54.2 Å². The fourth-order valence-electron chi connectivity index (χ4n) is 4.90. The smallest absolute Gasteiger partial charge is 0.405 e. The lowest BCUT2D eigenvalue weighted by Gasteiger charge is -2.42. The number of amides is 1. The van der Waals surface area contributed by atoms with E-state index in [0.717, 1.165) is 31.6 Å². The number of nitrogens with zero attached hydrogens (tertiary/aromatic N) is 4. The van der Waals surface area contributed by atoms with Gasteiger partial charge in [-0.3, -0.25) is 4.79 Å². The molecule has 2 heterocycles. The number of rotatable bonds is 5. The van der Waals surface area contributed by atoms with Crippen LogP contribution in [0.15, 0.2) is 30.6 Å². The van der Waals surface area contributed by atoms with E-state index < -0.39 is 18.0 Å². The molecule has 30 heavy (non-hydrogen) atoms. The molecule has 1 saturated heterocycles. The summed E-state index contributed by atoms with van der Waals surface area (Å²) in [5.74, 6) is 0.724. The van der Waals surface area contributed by atoms with Gasteiger partial charge in [0.15, 0.2) is 0 Å². The number of halogens is 3. The minimum Gasteiger partial charge on any atom is -0.405 e. The highest BCUT2D eigenvalue weighted by Gasteiger charge is 2.54.